The first-order valence-corrected chi connectivity index (χ1v) is 11.8. The van der Waals surface area contributed by atoms with Gasteiger partial charge in [-0.15, -0.1) is 0 Å². The Balaban J connectivity index is 1.76. The van der Waals surface area contributed by atoms with E-state index in [0.717, 1.165) is 17.4 Å². The van der Waals surface area contributed by atoms with Crippen LogP contribution in [0.3, 0.4) is 0 Å². The first-order chi connectivity index (χ1) is 14.8. The first kappa shape index (κ1) is 20.8. The van der Waals surface area contributed by atoms with Gasteiger partial charge in [0.05, 0.1) is 22.7 Å². The minimum absolute atomic E-state index is 0.0866. The number of carbonyl (C=O) groups excluding carboxylic acids is 2. The van der Waals surface area contributed by atoms with E-state index in [1.165, 1.54) is 17.0 Å². The van der Waals surface area contributed by atoms with Crippen LogP contribution in [0.25, 0.3) is 0 Å². The first-order valence-electron chi connectivity index (χ1n) is 9.88. The maximum absolute atomic E-state index is 13.4. The van der Waals surface area contributed by atoms with Crippen LogP contribution in [0.5, 0.6) is 0 Å². The van der Waals surface area contributed by atoms with Crippen molar-refractivity contribution in [1.29, 1.82) is 0 Å². The van der Waals surface area contributed by atoms with E-state index in [1.54, 1.807) is 6.07 Å². The summed E-state index contributed by atoms with van der Waals surface area (Å²) in [6.07, 6.45) is 1.59. The lowest BCUT2D eigenvalue weighted by Gasteiger charge is -2.37. The van der Waals surface area contributed by atoms with Gasteiger partial charge in [0.2, 0.25) is 11.8 Å². The van der Waals surface area contributed by atoms with Gasteiger partial charge in [0.25, 0.3) is 0 Å². The summed E-state index contributed by atoms with van der Waals surface area (Å²) in [5.74, 6) is -0.571. The molecule has 1 aliphatic rings. The summed E-state index contributed by atoms with van der Waals surface area (Å²) in [5.41, 5.74) is 2.58. The molecule has 1 unspecified atom stereocenters. The van der Waals surface area contributed by atoms with Crippen molar-refractivity contribution in [2.45, 2.75) is 23.8 Å². The molecule has 0 saturated carbocycles. The smallest absolute Gasteiger partial charge is 0.247 e. The minimum atomic E-state index is -3.46. The summed E-state index contributed by atoms with van der Waals surface area (Å²) in [6, 6.07) is 22.5. The summed E-state index contributed by atoms with van der Waals surface area (Å²) in [7, 11) is -3.46. The van der Waals surface area contributed by atoms with E-state index in [0.29, 0.717) is 17.8 Å². The molecule has 0 spiro atoms. The van der Waals surface area contributed by atoms with Crippen LogP contribution in [0.4, 0.5) is 11.4 Å². The van der Waals surface area contributed by atoms with Crippen LogP contribution in [-0.2, 0) is 32.3 Å². The predicted molar refractivity (Wildman–Crippen MR) is 120 cm³/mol. The maximum atomic E-state index is 13.4. The number of benzene rings is 3. The van der Waals surface area contributed by atoms with Crippen LogP contribution in [-0.4, -0.2) is 32.5 Å². The second-order valence-electron chi connectivity index (χ2n) is 7.57. The van der Waals surface area contributed by atoms with E-state index >= 15 is 0 Å². The Morgan fingerprint density at radius 2 is 1.55 bits per heavy atom. The Morgan fingerprint density at radius 1 is 0.935 bits per heavy atom. The number of nitrogens with zero attached hydrogens (tertiary/aromatic N) is 1. The fourth-order valence-corrected chi connectivity index (χ4v) is 4.39. The van der Waals surface area contributed by atoms with E-state index in [9.17, 15) is 18.0 Å². The van der Waals surface area contributed by atoms with Gasteiger partial charge in [-0.05, 0) is 29.3 Å². The summed E-state index contributed by atoms with van der Waals surface area (Å²) in [5, 5.41) is 2.79. The molecule has 1 heterocycles. The molecule has 1 atom stereocenters. The van der Waals surface area contributed by atoms with Crippen molar-refractivity contribution in [2.24, 2.45) is 0 Å². The zero-order chi connectivity index (χ0) is 22.0. The molecule has 4 rings (SSSR count). The largest absolute Gasteiger partial charge is 0.322 e. The Hall–Kier alpha value is -3.45. The van der Waals surface area contributed by atoms with Gasteiger partial charge < -0.3 is 5.32 Å². The highest BCUT2D eigenvalue weighted by Gasteiger charge is 2.37. The third-order valence-corrected chi connectivity index (χ3v) is 6.38. The van der Waals surface area contributed by atoms with Crippen LogP contribution < -0.4 is 10.2 Å². The van der Waals surface area contributed by atoms with E-state index < -0.39 is 15.9 Å². The third kappa shape index (κ3) is 4.51. The van der Waals surface area contributed by atoms with Crippen molar-refractivity contribution in [3.05, 3.63) is 90.0 Å². The summed E-state index contributed by atoms with van der Waals surface area (Å²) in [6.45, 7) is 0. The molecule has 3 aromatic carbocycles. The highest BCUT2D eigenvalue weighted by atomic mass is 32.2. The number of rotatable bonds is 5. The zero-order valence-electron chi connectivity index (χ0n) is 17.0. The number of anilines is 2. The van der Waals surface area contributed by atoms with Crippen molar-refractivity contribution in [2.75, 3.05) is 16.5 Å². The lowest BCUT2D eigenvalue weighted by atomic mass is 9.99. The highest BCUT2D eigenvalue weighted by Crippen LogP contribution is 2.35. The number of hydrogen-bond donors (Lipinski definition) is 1. The Bertz CT molecular complexity index is 1220. The van der Waals surface area contributed by atoms with Crippen LogP contribution in [0, 0.1) is 0 Å². The maximum Gasteiger partial charge on any atom is 0.247 e. The van der Waals surface area contributed by atoms with Crippen molar-refractivity contribution in [1.82, 2.24) is 0 Å². The minimum Gasteiger partial charge on any atom is -0.322 e. The molecule has 0 aromatic heterocycles. The van der Waals surface area contributed by atoms with Crippen LogP contribution >= 0.6 is 0 Å². The quantitative estimate of drug-likeness (QED) is 0.668. The second-order valence-corrected chi connectivity index (χ2v) is 9.59. The van der Waals surface area contributed by atoms with Gasteiger partial charge in [-0.2, -0.15) is 0 Å². The summed E-state index contributed by atoms with van der Waals surface area (Å²) < 4.78 is 23.9. The fraction of sp³-hybridized carbons (Fsp3) is 0.167. The zero-order valence-corrected chi connectivity index (χ0v) is 17.8. The molecule has 1 aliphatic heterocycles. The lowest BCUT2D eigenvalue weighted by Crippen LogP contribution is -2.52. The molecule has 0 radical (unpaired) electrons. The molecule has 2 amide bonds. The average molecular weight is 435 g/mol. The van der Waals surface area contributed by atoms with Gasteiger partial charge in [0.15, 0.2) is 9.84 Å². The van der Waals surface area contributed by atoms with Crippen molar-refractivity contribution < 1.29 is 18.0 Å². The molecular formula is C24H22N2O4S. The van der Waals surface area contributed by atoms with Crippen molar-refractivity contribution in [3.63, 3.8) is 0 Å². The SMILES string of the molecule is CS(=O)(=O)c1ccc2c(c1)NC(=O)C(Cc1ccccc1)N2C(=O)Cc1ccccc1. The second kappa shape index (κ2) is 8.35. The standard InChI is InChI=1S/C24H22N2O4S/c1-31(29,30)19-12-13-21-20(16-19)25-24(28)22(14-17-8-4-2-5-9-17)26(21)23(27)15-18-10-6-3-7-11-18/h2-13,16,22H,14-15H2,1H3,(H,25,28). The van der Waals surface area contributed by atoms with E-state index in [4.69, 9.17) is 0 Å². The Labute approximate surface area is 181 Å². The van der Waals surface area contributed by atoms with Gasteiger partial charge in [0.1, 0.15) is 6.04 Å². The van der Waals surface area contributed by atoms with Crippen LogP contribution in [0.15, 0.2) is 83.8 Å². The van der Waals surface area contributed by atoms with Crippen LogP contribution in [0.2, 0.25) is 0 Å². The molecule has 7 heteroatoms. The number of amides is 2. The van der Waals surface area contributed by atoms with E-state index in [1.807, 2.05) is 60.7 Å². The Kier molecular flexibility index (Phi) is 5.61. The lowest BCUT2D eigenvalue weighted by molar-refractivity contribution is -0.123. The van der Waals surface area contributed by atoms with E-state index in [2.05, 4.69) is 5.32 Å². The molecular weight excluding hydrogens is 412 g/mol. The number of sulfone groups is 1. The van der Waals surface area contributed by atoms with Gasteiger partial charge in [-0.25, -0.2) is 8.42 Å². The molecule has 31 heavy (non-hydrogen) atoms. The molecule has 0 saturated heterocycles. The molecule has 0 bridgehead atoms. The monoisotopic (exact) mass is 434 g/mol. The summed E-state index contributed by atoms with van der Waals surface area (Å²) in [4.78, 5) is 28.0. The fourth-order valence-electron chi connectivity index (χ4n) is 3.74. The molecule has 6 nitrogen and oxygen atoms in total. The molecule has 3 aromatic rings. The number of nitrogens with one attached hydrogen (secondary N) is 1. The number of fused-ring (bicyclic) bond motifs is 1. The number of hydrogen-bond acceptors (Lipinski definition) is 4. The Morgan fingerprint density at radius 3 is 2.16 bits per heavy atom. The average Bonchev–Trinajstić information content (AvgIpc) is 2.74. The number of carbonyl (C=O) groups is 2. The topological polar surface area (TPSA) is 83.6 Å². The summed E-state index contributed by atoms with van der Waals surface area (Å²) >= 11 is 0. The van der Waals surface area contributed by atoms with Gasteiger partial charge in [0, 0.05) is 12.7 Å². The highest BCUT2D eigenvalue weighted by molar-refractivity contribution is 7.90. The molecule has 0 fully saturated rings. The van der Waals surface area contributed by atoms with Crippen molar-refractivity contribution in [3.8, 4) is 0 Å². The van der Waals surface area contributed by atoms with Gasteiger partial charge in [-0.3, -0.25) is 14.5 Å². The van der Waals surface area contributed by atoms with Crippen molar-refractivity contribution >= 4 is 33.0 Å². The van der Waals surface area contributed by atoms with E-state index in [-0.39, 0.29) is 23.1 Å². The predicted octanol–water partition coefficient (Wildman–Crippen LogP) is 3.23. The van der Waals surface area contributed by atoms with Gasteiger partial charge in [-0.1, -0.05) is 60.7 Å². The molecule has 1 N–H and O–H groups in total. The molecule has 158 valence electrons. The van der Waals surface area contributed by atoms with Gasteiger partial charge >= 0.3 is 0 Å². The molecule has 0 aliphatic carbocycles. The third-order valence-electron chi connectivity index (χ3n) is 5.27. The normalized spacial score (nSPS) is 15.8. The van der Waals surface area contributed by atoms with Crippen LogP contribution in [0.1, 0.15) is 11.1 Å².